The molecule has 1 aromatic rings. The fourth-order valence-electron chi connectivity index (χ4n) is 2.09. The van der Waals surface area contributed by atoms with Gasteiger partial charge >= 0.3 is 5.97 Å². The molecule has 0 amide bonds. The van der Waals surface area contributed by atoms with Crippen molar-refractivity contribution in [2.45, 2.75) is 32.4 Å². The Bertz CT molecular complexity index is 476. The maximum atomic E-state index is 11.8. The van der Waals surface area contributed by atoms with Gasteiger partial charge in [0.25, 0.3) is 0 Å². The second-order valence-corrected chi connectivity index (χ2v) is 4.58. The first-order chi connectivity index (χ1) is 9.15. The van der Waals surface area contributed by atoms with Crippen molar-refractivity contribution in [3.05, 3.63) is 22.8 Å². The molecular formula is C13H19N3O3. The minimum absolute atomic E-state index is 0.0188. The van der Waals surface area contributed by atoms with Gasteiger partial charge in [0, 0.05) is 38.6 Å². The van der Waals surface area contributed by atoms with E-state index in [1.165, 1.54) is 7.11 Å². The number of hydrogen-bond acceptors (Lipinski definition) is 6. The van der Waals surface area contributed by atoms with Crippen LogP contribution in [0.4, 0.5) is 0 Å². The third-order valence-electron chi connectivity index (χ3n) is 3.23. The summed E-state index contributed by atoms with van der Waals surface area (Å²) < 4.78 is 10.0. The van der Waals surface area contributed by atoms with E-state index < -0.39 is 5.97 Å². The SMILES string of the molecule is COC(=O)c1nc(CC(C)OC)nc2c1CNCC2. The second-order valence-electron chi connectivity index (χ2n) is 4.58. The van der Waals surface area contributed by atoms with Gasteiger partial charge < -0.3 is 14.8 Å². The van der Waals surface area contributed by atoms with Crippen LogP contribution in [0.5, 0.6) is 0 Å². The number of nitrogens with one attached hydrogen (secondary N) is 1. The van der Waals surface area contributed by atoms with Crippen LogP contribution < -0.4 is 5.32 Å². The van der Waals surface area contributed by atoms with Crippen molar-refractivity contribution in [2.75, 3.05) is 20.8 Å². The quantitative estimate of drug-likeness (QED) is 0.799. The Morgan fingerprint density at radius 2 is 2.21 bits per heavy atom. The summed E-state index contributed by atoms with van der Waals surface area (Å²) in [6.07, 6.45) is 1.41. The van der Waals surface area contributed by atoms with E-state index in [4.69, 9.17) is 9.47 Å². The third-order valence-corrected chi connectivity index (χ3v) is 3.23. The van der Waals surface area contributed by atoms with Crippen LogP contribution in [0, 0.1) is 0 Å². The second kappa shape index (κ2) is 6.08. The minimum Gasteiger partial charge on any atom is -0.464 e. The van der Waals surface area contributed by atoms with Crippen molar-refractivity contribution in [3.63, 3.8) is 0 Å². The van der Waals surface area contributed by atoms with Gasteiger partial charge in [-0.05, 0) is 6.92 Å². The number of aromatic nitrogens is 2. The summed E-state index contributed by atoms with van der Waals surface area (Å²) in [6, 6.07) is 0. The minimum atomic E-state index is -0.409. The Kier molecular flexibility index (Phi) is 4.44. The first-order valence-corrected chi connectivity index (χ1v) is 6.36. The lowest BCUT2D eigenvalue weighted by molar-refractivity contribution is 0.0590. The van der Waals surface area contributed by atoms with Gasteiger partial charge in [-0.15, -0.1) is 0 Å². The van der Waals surface area contributed by atoms with Crippen molar-refractivity contribution in [2.24, 2.45) is 0 Å². The summed E-state index contributed by atoms with van der Waals surface area (Å²) in [7, 11) is 3.01. The van der Waals surface area contributed by atoms with Gasteiger partial charge in [0.2, 0.25) is 0 Å². The Balaban J connectivity index is 2.39. The van der Waals surface area contributed by atoms with Crippen LogP contribution in [0.15, 0.2) is 0 Å². The highest BCUT2D eigenvalue weighted by Gasteiger charge is 2.22. The first kappa shape index (κ1) is 13.9. The van der Waals surface area contributed by atoms with Gasteiger partial charge in [0.05, 0.1) is 18.9 Å². The molecule has 0 saturated heterocycles. The van der Waals surface area contributed by atoms with Crippen LogP contribution in [0.25, 0.3) is 0 Å². The Labute approximate surface area is 112 Å². The van der Waals surface area contributed by atoms with Crippen molar-refractivity contribution in [1.29, 1.82) is 0 Å². The number of carbonyl (C=O) groups excluding carboxylic acids is 1. The number of nitrogens with zero attached hydrogens (tertiary/aromatic N) is 2. The molecule has 0 spiro atoms. The summed E-state index contributed by atoms with van der Waals surface area (Å²) in [4.78, 5) is 20.7. The predicted octanol–water partition coefficient (Wildman–Crippen LogP) is 0.486. The largest absolute Gasteiger partial charge is 0.464 e. The molecule has 1 aliphatic rings. The zero-order valence-corrected chi connectivity index (χ0v) is 11.5. The molecule has 2 rings (SSSR count). The molecule has 1 aromatic heterocycles. The molecule has 0 aliphatic carbocycles. The zero-order chi connectivity index (χ0) is 13.8. The number of rotatable bonds is 4. The van der Waals surface area contributed by atoms with Crippen LogP contribution in [0.1, 0.15) is 34.5 Å². The molecule has 1 N–H and O–H groups in total. The number of methoxy groups -OCH3 is 2. The van der Waals surface area contributed by atoms with E-state index in [-0.39, 0.29) is 6.10 Å². The van der Waals surface area contributed by atoms with E-state index in [9.17, 15) is 4.79 Å². The van der Waals surface area contributed by atoms with Crippen LogP contribution in [0.3, 0.4) is 0 Å². The number of carbonyl (C=O) groups is 1. The summed E-state index contributed by atoms with van der Waals surface area (Å²) in [6.45, 7) is 3.42. The average Bonchev–Trinajstić information content (AvgIpc) is 2.45. The van der Waals surface area contributed by atoms with Crippen molar-refractivity contribution in [3.8, 4) is 0 Å². The van der Waals surface area contributed by atoms with Gasteiger partial charge in [-0.25, -0.2) is 14.8 Å². The summed E-state index contributed by atoms with van der Waals surface area (Å²) in [5.41, 5.74) is 2.16. The molecule has 0 fully saturated rings. The number of esters is 1. The van der Waals surface area contributed by atoms with Crippen molar-refractivity contribution >= 4 is 5.97 Å². The van der Waals surface area contributed by atoms with E-state index in [2.05, 4.69) is 15.3 Å². The summed E-state index contributed by atoms with van der Waals surface area (Å²) in [5, 5.41) is 3.22. The monoisotopic (exact) mass is 265 g/mol. The van der Waals surface area contributed by atoms with Gasteiger partial charge in [0.15, 0.2) is 5.69 Å². The maximum Gasteiger partial charge on any atom is 0.357 e. The van der Waals surface area contributed by atoms with Crippen molar-refractivity contribution in [1.82, 2.24) is 15.3 Å². The highest BCUT2D eigenvalue weighted by molar-refractivity contribution is 5.89. The molecule has 6 heteroatoms. The Morgan fingerprint density at radius 3 is 2.89 bits per heavy atom. The van der Waals surface area contributed by atoms with Crippen LogP contribution >= 0.6 is 0 Å². The molecule has 1 aliphatic heterocycles. The van der Waals surface area contributed by atoms with Crippen LogP contribution in [0.2, 0.25) is 0 Å². The van der Waals surface area contributed by atoms with E-state index >= 15 is 0 Å². The third kappa shape index (κ3) is 3.08. The normalized spacial score (nSPS) is 15.7. The molecule has 0 saturated carbocycles. The molecule has 0 aromatic carbocycles. The predicted molar refractivity (Wildman–Crippen MR) is 69.0 cm³/mol. The maximum absolute atomic E-state index is 11.8. The smallest absolute Gasteiger partial charge is 0.357 e. The Hall–Kier alpha value is -1.53. The molecule has 0 radical (unpaired) electrons. The van der Waals surface area contributed by atoms with Gasteiger partial charge in [-0.2, -0.15) is 0 Å². The highest BCUT2D eigenvalue weighted by Crippen LogP contribution is 2.17. The fraction of sp³-hybridized carbons (Fsp3) is 0.615. The molecule has 6 nitrogen and oxygen atoms in total. The van der Waals surface area contributed by atoms with E-state index in [0.717, 1.165) is 24.2 Å². The van der Waals surface area contributed by atoms with E-state index in [1.807, 2.05) is 6.92 Å². The molecule has 0 bridgehead atoms. The van der Waals surface area contributed by atoms with Gasteiger partial charge in [-0.1, -0.05) is 0 Å². The number of fused-ring (bicyclic) bond motifs is 1. The average molecular weight is 265 g/mol. The number of hydrogen-bond donors (Lipinski definition) is 1. The van der Waals surface area contributed by atoms with Gasteiger partial charge in [-0.3, -0.25) is 0 Å². The highest BCUT2D eigenvalue weighted by atomic mass is 16.5. The standard InChI is InChI=1S/C13H19N3O3/c1-8(18-2)6-11-15-10-4-5-14-7-9(10)12(16-11)13(17)19-3/h8,14H,4-7H2,1-3H3. The summed E-state index contributed by atoms with van der Waals surface area (Å²) >= 11 is 0. The Morgan fingerprint density at radius 1 is 1.42 bits per heavy atom. The summed E-state index contributed by atoms with van der Waals surface area (Å²) in [5.74, 6) is 0.226. The van der Waals surface area contributed by atoms with E-state index in [1.54, 1.807) is 7.11 Å². The first-order valence-electron chi connectivity index (χ1n) is 6.36. The number of ether oxygens (including phenoxy) is 2. The van der Waals surface area contributed by atoms with Crippen LogP contribution in [-0.2, 0) is 28.9 Å². The van der Waals surface area contributed by atoms with Crippen LogP contribution in [-0.4, -0.2) is 42.8 Å². The lowest BCUT2D eigenvalue weighted by Gasteiger charge is -2.19. The fourth-order valence-corrected chi connectivity index (χ4v) is 2.09. The van der Waals surface area contributed by atoms with Crippen molar-refractivity contribution < 1.29 is 14.3 Å². The molecule has 1 atom stereocenters. The molecule has 1 unspecified atom stereocenters. The molecule has 104 valence electrons. The van der Waals surface area contributed by atoms with E-state index in [0.29, 0.717) is 24.5 Å². The zero-order valence-electron chi connectivity index (χ0n) is 11.5. The topological polar surface area (TPSA) is 73.3 Å². The molecular weight excluding hydrogens is 246 g/mol. The lowest BCUT2D eigenvalue weighted by Crippen LogP contribution is -2.29. The molecule has 19 heavy (non-hydrogen) atoms. The lowest BCUT2D eigenvalue weighted by atomic mass is 10.0. The van der Waals surface area contributed by atoms with Gasteiger partial charge in [0.1, 0.15) is 5.82 Å². The molecule has 2 heterocycles.